The largest absolute Gasteiger partial charge is 0.371 e. The van der Waals surface area contributed by atoms with Gasteiger partial charge in [-0.05, 0) is 60.7 Å². The third-order valence-electron chi connectivity index (χ3n) is 4.03. The van der Waals surface area contributed by atoms with Crippen LogP contribution in [-0.4, -0.2) is 13.1 Å². The van der Waals surface area contributed by atoms with Crippen LogP contribution >= 0.6 is 15.9 Å². The fraction of sp³-hybridized carbons (Fsp3) is 0.294. The van der Waals surface area contributed by atoms with Crippen molar-refractivity contribution in [3.05, 3.63) is 64.4 Å². The van der Waals surface area contributed by atoms with E-state index in [1.54, 1.807) is 12.1 Å². The summed E-state index contributed by atoms with van der Waals surface area (Å²) in [6.07, 6.45) is 2.25. The Balaban J connectivity index is 1.64. The fourth-order valence-corrected chi connectivity index (χ4v) is 3.12. The number of hydrogen-bond donors (Lipinski definition) is 0. The second-order valence-electron chi connectivity index (χ2n) is 5.29. The highest BCUT2D eigenvalue weighted by Crippen LogP contribution is 2.30. The van der Waals surface area contributed by atoms with Crippen molar-refractivity contribution in [1.82, 2.24) is 0 Å². The monoisotopic (exact) mass is 333 g/mol. The van der Waals surface area contributed by atoms with E-state index in [4.69, 9.17) is 0 Å². The number of nitrogens with zero attached hydrogens (tertiary/aromatic N) is 1. The van der Waals surface area contributed by atoms with E-state index >= 15 is 0 Å². The third kappa shape index (κ3) is 3.04. The van der Waals surface area contributed by atoms with Gasteiger partial charge in [0.05, 0.1) is 0 Å². The first kappa shape index (κ1) is 13.6. The topological polar surface area (TPSA) is 3.24 Å². The Kier molecular flexibility index (Phi) is 4.06. The molecule has 0 N–H and O–H groups in total. The normalized spacial score (nSPS) is 16.4. The van der Waals surface area contributed by atoms with Gasteiger partial charge in [-0.25, -0.2) is 4.39 Å². The van der Waals surface area contributed by atoms with Crippen molar-refractivity contribution >= 4 is 21.6 Å². The van der Waals surface area contributed by atoms with Crippen molar-refractivity contribution in [2.45, 2.75) is 18.8 Å². The molecule has 2 aromatic rings. The van der Waals surface area contributed by atoms with Gasteiger partial charge in [-0.1, -0.05) is 28.1 Å². The van der Waals surface area contributed by atoms with Crippen LogP contribution in [0.2, 0.25) is 0 Å². The number of hydrogen-bond acceptors (Lipinski definition) is 1. The maximum absolute atomic E-state index is 13.0. The Morgan fingerprint density at radius 3 is 2.10 bits per heavy atom. The molecule has 1 fully saturated rings. The Labute approximate surface area is 127 Å². The molecule has 0 atom stereocenters. The zero-order valence-electron chi connectivity index (χ0n) is 11.2. The summed E-state index contributed by atoms with van der Waals surface area (Å²) in [4.78, 5) is 2.42. The lowest BCUT2D eigenvalue weighted by Crippen LogP contribution is -2.32. The molecule has 3 heteroatoms. The van der Waals surface area contributed by atoms with Crippen LogP contribution in [0, 0.1) is 5.82 Å². The lowest BCUT2D eigenvalue weighted by Gasteiger charge is -2.34. The standard InChI is InChI=1S/C17H17BrFN/c18-15-3-7-17(8-4-15)20-11-9-14(10-12-20)13-1-5-16(19)6-2-13/h1-8,14H,9-12H2. The molecule has 1 aliphatic heterocycles. The van der Waals surface area contributed by atoms with Crippen molar-refractivity contribution in [1.29, 1.82) is 0 Å². The molecule has 3 rings (SSSR count). The summed E-state index contributed by atoms with van der Waals surface area (Å²) in [6.45, 7) is 2.12. The highest BCUT2D eigenvalue weighted by atomic mass is 79.9. The molecule has 1 saturated heterocycles. The molecule has 1 nitrogen and oxygen atoms in total. The highest BCUT2D eigenvalue weighted by Gasteiger charge is 2.20. The van der Waals surface area contributed by atoms with Gasteiger partial charge in [0.2, 0.25) is 0 Å². The van der Waals surface area contributed by atoms with Crippen LogP contribution in [0.25, 0.3) is 0 Å². The zero-order chi connectivity index (χ0) is 13.9. The first-order valence-electron chi connectivity index (χ1n) is 6.98. The van der Waals surface area contributed by atoms with Crippen LogP contribution in [0.4, 0.5) is 10.1 Å². The van der Waals surface area contributed by atoms with Crippen LogP contribution in [0.1, 0.15) is 24.3 Å². The van der Waals surface area contributed by atoms with Gasteiger partial charge < -0.3 is 4.90 Å². The van der Waals surface area contributed by atoms with E-state index in [1.165, 1.54) is 11.3 Å². The number of rotatable bonds is 2. The number of piperidine rings is 1. The summed E-state index contributed by atoms with van der Waals surface area (Å²) < 4.78 is 14.1. The number of benzene rings is 2. The molecule has 0 saturated carbocycles. The molecule has 1 heterocycles. The molecular formula is C17H17BrFN. The minimum Gasteiger partial charge on any atom is -0.371 e. The van der Waals surface area contributed by atoms with Gasteiger partial charge in [0.15, 0.2) is 0 Å². The van der Waals surface area contributed by atoms with Crippen LogP contribution in [-0.2, 0) is 0 Å². The van der Waals surface area contributed by atoms with Gasteiger partial charge in [0.1, 0.15) is 5.82 Å². The first-order valence-corrected chi connectivity index (χ1v) is 7.77. The van der Waals surface area contributed by atoms with Gasteiger partial charge >= 0.3 is 0 Å². The Hall–Kier alpha value is -1.35. The summed E-state index contributed by atoms with van der Waals surface area (Å²) >= 11 is 3.47. The smallest absolute Gasteiger partial charge is 0.123 e. The average Bonchev–Trinajstić information content (AvgIpc) is 2.49. The molecule has 0 bridgehead atoms. The lowest BCUT2D eigenvalue weighted by atomic mass is 9.89. The van der Waals surface area contributed by atoms with E-state index in [2.05, 4.69) is 45.1 Å². The van der Waals surface area contributed by atoms with Crippen molar-refractivity contribution in [2.75, 3.05) is 18.0 Å². The van der Waals surface area contributed by atoms with Crippen LogP contribution < -0.4 is 4.90 Å². The molecule has 104 valence electrons. The Bertz CT molecular complexity index is 503. The predicted octanol–water partition coefficient (Wildman–Crippen LogP) is 4.97. The number of anilines is 1. The van der Waals surface area contributed by atoms with Gasteiger partial charge in [0, 0.05) is 23.2 Å². The van der Waals surface area contributed by atoms with E-state index in [0.717, 1.165) is 30.4 Å². The summed E-state index contributed by atoms with van der Waals surface area (Å²) in [5.41, 5.74) is 2.55. The minimum atomic E-state index is -0.152. The highest BCUT2D eigenvalue weighted by molar-refractivity contribution is 9.10. The van der Waals surface area contributed by atoms with E-state index in [0.29, 0.717) is 5.92 Å². The molecule has 0 aliphatic carbocycles. The Morgan fingerprint density at radius 1 is 0.900 bits per heavy atom. The second-order valence-corrected chi connectivity index (χ2v) is 6.20. The average molecular weight is 334 g/mol. The maximum Gasteiger partial charge on any atom is 0.123 e. The van der Waals surface area contributed by atoms with Gasteiger partial charge in [-0.2, -0.15) is 0 Å². The molecule has 1 aliphatic rings. The molecule has 20 heavy (non-hydrogen) atoms. The summed E-state index contributed by atoms with van der Waals surface area (Å²) in [6, 6.07) is 15.5. The molecule has 0 spiro atoms. The summed E-state index contributed by atoms with van der Waals surface area (Å²) in [5.74, 6) is 0.406. The van der Waals surface area contributed by atoms with Crippen molar-refractivity contribution in [3.63, 3.8) is 0 Å². The molecule has 0 aromatic heterocycles. The fourth-order valence-electron chi connectivity index (χ4n) is 2.86. The van der Waals surface area contributed by atoms with Crippen molar-refractivity contribution in [2.24, 2.45) is 0 Å². The van der Waals surface area contributed by atoms with E-state index in [1.807, 2.05) is 12.1 Å². The SMILES string of the molecule is Fc1ccc(C2CCN(c3ccc(Br)cc3)CC2)cc1. The first-order chi connectivity index (χ1) is 9.72. The molecule has 0 radical (unpaired) electrons. The second kappa shape index (κ2) is 5.96. The van der Waals surface area contributed by atoms with Crippen LogP contribution in [0.15, 0.2) is 53.0 Å². The maximum atomic E-state index is 13.0. The van der Waals surface area contributed by atoms with E-state index in [9.17, 15) is 4.39 Å². The van der Waals surface area contributed by atoms with Crippen molar-refractivity contribution in [3.8, 4) is 0 Å². The van der Waals surface area contributed by atoms with Crippen molar-refractivity contribution < 1.29 is 4.39 Å². The quantitative estimate of drug-likeness (QED) is 0.749. The predicted molar refractivity (Wildman–Crippen MR) is 84.7 cm³/mol. The van der Waals surface area contributed by atoms with Gasteiger partial charge in [-0.15, -0.1) is 0 Å². The van der Waals surface area contributed by atoms with Crippen LogP contribution in [0.5, 0.6) is 0 Å². The lowest BCUT2D eigenvalue weighted by molar-refractivity contribution is 0.504. The third-order valence-corrected chi connectivity index (χ3v) is 4.56. The van der Waals surface area contributed by atoms with E-state index in [-0.39, 0.29) is 5.82 Å². The molecular weight excluding hydrogens is 317 g/mol. The van der Waals surface area contributed by atoms with E-state index < -0.39 is 0 Å². The summed E-state index contributed by atoms with van der Waals surface area (Å²) in [7, 11) is 0. The van der Waals surface area contributed by atoms with Gasteiger partial charge in [-0.3, -0.25) is 0 Å². The van der Waals surface area contributed by atoms with Crippen LogP contribution in [0.3, 0.4) is 0 Å². The van der Waals surface area contributed by atoms with Gasteiger partial charge in [0.25, 0.3) is 0 Å². The molecule has 0 amide bonds. The Morgan fingerprint density at radius 2 is 1.50 bits per heavy atom. The molecule has 2 aromatic carbocycles. The minimum absolute atomic E-state index is 0.152. The molecule has 0 unspecified atom stereocenters. The number of halogens is 2. The summed E-state index contributed by atoms with van der Waals surface area (Å²) in [5, 5.41) is 0. The zero-order valence-corrected chi connectivity index (χ0v) is 12.8.